The van der Waals surface area contributed by atoms with Gasteiger partial charge < -0.3 is 9.64 Å². The summed E-state index contributed by atoms with van der Waals surface area (Å²) in [5.74, 6) is 1.83. The maximum absolute atomic E-state index is 5.97. The van der Waals surface area contributed by atoms with Crippen molar-refractivity contribution in [2.45, 2.75) is 32.4 Å². The summed E-state index contributed by atoms with van der Waals surface area (Å²) in [6.45, 7) is 5.49. The van der Waals surface area contributed by atoms with Crippen LogP contribution in [0.1, 0.15) is 23.5 Å². The second-order valence-electron chi connectivity index (χ2n) is 6.78. The Morgan fingerprint density at radius 3 is 2.88 bits per heavy atom. The summed E-state index contributed by atoms with van der Waals surface area (Å²) in [6, 6.07) is 6.25. The van der Waals surface area contributed by atoms with E-state index in [0.29, 0.717) is 0 Å². The van der Waals surface area contributed by atoms with Gasteiger partial charge in [0.1, 0.15) is 11.6 Å². The van der Waals surface area contributed by atoms with E-state index in [9.17, 15) is 0 Å². The Balaban J connectivity index is 1.52. The second-order valence-corrected chi connectivity index (χ2v) is 6.78. The van der Waals surface area contributed by atoms with E-state index in [1.807, 2.05) is 44.4 Å². The molecule has 134 valence electrons. The van der Waals surface area contributed by atoms with Crippen LogP contribution in [-0.2, 0) is 17.7 Å². The number of aromatic nitrogens is 3. The summed E-state index contributed by atoms with van der Waals surface area (Å²) in [7, 11) is 4.03. The molecule has 2 aromatic rings. The molecule has 1 fully saturated rings. The molecule has 6 nitrogen and oxygen atoms in total. The van der Waals surface area contributed by atoms with Crippen LogP contribution in [0.5, 0.6) is 0 Å². The number of pyridine rings is 1. The van der Waals surface area contributed by atoms with E-state index < -0.39 is 0 Å². The maximum atomic E-state index is 5.97. The molecule has 0 N–H and O–H groups in total. The molecule has 1 saturated heterocycles. The third-order valence-electron chi connectivity index (χ3n) is 4.47. The minimum absolute atomic E-state index is 0.271. The van der Waals surface area contributed by atoms with E-state index in [2.05, 4.69) is 32.0 Å². The number of hydrogen-bond acceptors (Lipinski definition) is 6. The molecule has 0 radical (unpaired) electrons. The van der Waals surface area contributed by atoms with Gasteiger partial charge in [-0.15, -0.1) is 0 Å². The Kier molecular flexibility index (Phi) is 5.94. The number of rotatable bonds is 6. The SMILES string of the molecule is Cc1nccc(CN2CCO[C@H](CCc3ccnc(N(C)C)c3)C2)n1. The highest BCUT2D eigenvalue weighted by Crippen LogP contribution is 2.16. The lowest BCUT2D eigenvalue weighted by molar-refractivity contribution is -0.0349. The van der Waals surface area contributed by atoms with E-state index in [0.717, 1.165) is 56.4 Å². The van der Waals surface area contributed by atoms with E-state index in [4.69, 9.17) is 4.74 Å². The van der Waals surface area contributed by atoms with Crippen molar-refractivity contribution in [3.63, 3.8) is 0 Å². The molecule has 0 unspecified atom stereocenters. The Morgan fingerprint density at radius 2 is 2.08 bits per heavy atom. The molecule has 0 bridgehead atoms. The third kappa shape index (κ3) is 5.21. The van der Waals surface area contributed by atoms with Gasteiger partial charge in [-0.05, 0) is 43.5 Å². The molecule has 0 aliphatic carbocycles. The molecule has 3 heterocycles. The Morgan fingerprint density at radius 1 is 1.24 bits per heavy atom. The fourth-order valence-corrected chi connectivity index (χ4v) is 3.11. The smallest absolute Gasteiger partial charge is 0.128 e. The molecule has 0 spiro atoms. The lowest BCUT2D eigenvalue weighted by Gasteiger charge is -2.32. The molecule has 0 saturated carbocycles. The van der Waals surface area contributed by atoms with Crippen molar-refractivity contribution in [2.24, 2.45) is 0 Å². The Bertz CT molecular complexity index is 691. The summed E-state index contributed by atoms with van der Waals surface area (Å²) in [5.41, 5.74) is 2.39. The normalized spacial score (nSPS) is 18.3. The van der Waals surface area contributed by atoms with E-state index in [-0.39, 0.29) is 6.10 Å². The monoisotopic (exact) mass is 341 g/mol. The van der Waals surface area contributed by atoms with Crippen LogP contribution in [0.2, 0.25) is 0 Å². The van der Waals surface area contributed by atoms with Crippen LogP contribution < -0.4 is 4.90 Å². The van der Waals surface area contributed by atoms with E-state index in [1.165, 1.54) is 5.56 Å². The first kappa shape index (κ1) is 17.8. The molecular formula is C19H27N5O. The highest BCUT2D eigenvalue weighted by atomic mass is 16.5. The van der Waals surface area contributed by atoms with Gasteiger partial charge in [0, 0.05) is 46.1 Å². The number of anilines is 1. The summed E-state index contributed by atoms with van der Waals surface area (Å²) >= 11 is 0. The first-order valence-corrected chi connectivity index (χ1v) is 8.85. The quantitative estimate of drug-likeness (QED) is 0.802. The van der Waals surface area contributed by atoms with Crippen LogP contribution in [0.25, 0.3) is 0 Å². The van der Waals surface area contributed by atoms with Crippen molar-refractivity contribution in [1.29, 1.82) is 0 Å². The predicted octanol–water partition coefficient (Wildman–Crippen LogP) is 2.08. The molecule has 0 amide bonds. The lowest BCUT2D eigenvalue weighted by atomic mass is 10.1. The molecule has 0 aromatic carbocycles. The average molecular weight is 341 g/mol. The van der Waals surface area contributed by atoms with Crippen molar-refractivity contribution in [2.75, 3.05) is 38.7 Å². The highest BCUT2D eigenvalue weighted by Gasteiger charge is 2.20. The number of morpholine rings is 1. The van der Waals surface area contributed by atoms with Gasteiger partial charge in [-0.25, -0.2) is 15.0 Å². The average Bonchev–Trinajstić information content (AvgIpc) is 2.60. The van der Waals surface area contributed by atoms with Crippen LogP contribution in [-0.4, -0.2) is 59.7 Å². The van der Waals surface area contributed by atoms with Gasteiger partial charge in [-0.3, -0.25) is 4.90 Å². The topological polar surface area (TPSA) is 54.4 Å². The standard InChI is InChI=1S/C19H27N5O/c1-15-20-9-7-17(22-15)13-24-10-11-25-18(14-24)5-4-16-6-8-21-19(12-16)23(2)3/h6-9,12,18H,4-5,10-11,13-14H2,1-3H3/t18-/m1/s1. The van der Waals surface area contributed by atoms with Crippen LogP contribution in [0.15, 0.2) is 30.6 Å². The molecule has 1 aliphatic rings. The zero-order valence-corrected chi connectivity index (χ0v) is 15.4. The molecule has 1 aliphatic heterocycles. The molecule has 1 atom stereocenters. The van der Waals surface area contributed by atoms with Gasteiger partial charge in [0.2, 0.25) is 0 Å². The maximum Gasteiger partial charge on any atom is 0.128 e. The minimum Gasteiger partial charge on any atom is -0.376 e. The molecular weight excluding hydrogens is 314 g/mol. The third-order valence-corrected chi connectivity index (χ3v) is 4.47. The summed E-state index contributed by atoms with van der Waals surface area (Å²) < 4.78 is 5.97. The van der Waals surface area contributed by atoms with Gasteiger partial charge in [0.15, 0.2) is 0 Å². The molecule has 2 aromatic heterocycles. The van der Waals surface area contributed by atoms with Crippen molar-refractivity contribution >= 4 is 5.82 Å². The first-order valence-electron chi connectivity index (χ1n) is 8.85. The van der Waals surface area contributed by atoms with Crippen LogP contribution in [0.3, 0.4) is 0 Å². The van der Waals surface area contributed by atoms with Gasteiger partial charge in [0.25, 0.3) is 0 Å². The van der Waals surface area contributed by atoms with Gasteiger partial charge in [-0.1, -0.05) is 0 Å². The Labute approximate surface area is 149 Å². The largest absolute Gasteiger partial charge is 0.376 e. The van der Waals surface area contributed by atoms with Crippen LogP contribution in [0, 0.1) is 6.92 Å². The molecule has 25 heavy (non-hydrogen) atoms. The van der Waals surface area contributed by atoms with Gasteiger partial charge >= 0.3 is 0 Å². The highest BCUT2D eigenvalue weighted by molar-refractivity contribution is 5.39. The van der Waals surface area contributed by atoms with Crippen LogP contribution in [0.4, 0.5) is 5.82 Å². The van der Waals surface area contributed by atoms with Crippen molar-refractivity contribution < 1.29 is 4.74 Å². The minimum atomic E-state index is 0.271. The zero-order chi connectivity index (χ0) is 17.6. The van der Waals surface area contributed by atoms with Crippen molar-refractivity contribution in [1.82, 2.24) is 19.9 Å². The fourth-order valence-electron chi connectivity index (χ4n) is 3.11. The van der Waals surface area contributed by atoms with Crippen molar-refractivity contribution in [3.05, 3.63) is 47.7 Å². The van der Waals surface area contributed by atoms with Crippen molar-refractivity contribution in [3.8, 4) is 0 Å². The first-order chi connectivity index (χ1) is 12.1. The molecule has 3 rings (SSSR count). The van der Waals surface area contributed by atoms with Gasteiger partial charge in [0.05, 0.1) is 18.4 Å². The Hall–Kier alpha value is -2.05. The van der Waals surface area contributed by atoms with E-state index >= 15 is 0 Å². The summed E-state index contributed by atoms with van der Waals surface area (Å²) in [5, 5.41) is 0. The lowest BCUT2D eigenvalue weighted by Crippen LogP contribution is -2.42. The van der Waals surface area contributed by atoms with E-state index in [1.54, 1.807) is 0 Å². The zero-order valence-electron chi connectivity index (χ0n) is 15.4. The summed E-state index contributed by atoms with van der Waals surface area (Å²) in [6.07, 6.45) is 6.02. The second kappa shape index (κ2) is 8.36. The summed E-state index contributed by atoms with van der Waals surface area (Å²) in [4.78, 5) is 17.5. The number of aryl methyl sites for hydroxylation is 2. The number of ether oxygens (including phenoxy) is 1. The molecule has 6 heteroatoms. The van der Waals surface area contributed by atoms with Gasteiger partial charge in [-0.2, -0.15) is 0 Å². The fraction of sp³-hybridized carbons (Fsp3) is 0.526. The van der Waals surface area contributed by atoms with Crippen LogP contribution >= 0.6 is 0 Å². The number of hydrogen-bond donors (Lipinski definition) is 0. The number of nitrogens with zero attached hydrogens (tertiary/aromatic N) is 5. The predicted molar refractivity (Wildman–Crippen MR) is 98.7 cm³/mol.